The molecule has 0 N–H and O–H groups in total. The van der Waals surface area contributed by atoms with Gasteiger partial charge < -0.3 is 0 Å². The van der Waals surface area contributed by atoms with Gasteiger partial charge in [-0.1, -0.05) is 29.4 Å². The Bertz CT molecular complexity index is 540. The van der Waals surface area contributed by atoms with Crippen molar-refractivity contribution in [2.24, 2.45) is 0 Å². The lowest BCUT2D eigenvalue weighted by atomic mass is 10.2. The van der Waals surface area contributed by atoms with Crippen molar-refractivity contribution in [3.8, 4) is 0 Å². The van der Waals surface area contributed by atoms with Crippen molar-refractivity contribution in [2.75, 3.05) is 0 Å². The van der Waals surface area contributed by atoms with Gasteiger partial charge in [-0.25, -0.2) is 4.39 Å². The molecular formula is C13H8ClFOS. The quantitative estimate of drug-likeness (QED) is 0.764. The van der Waals surface area contributed by atoms with E-state index in [1.807, 2.05) is 0 Å². The molecule has 0 aliphatic carbocycles. The van der Waals surface area contributed by atoms with E-state index in [1.54, 1.807) is 30.3 Å². The monoisotopic (exact) mass is 266 g/mol. The van der Waals surface area contributed by atoms with Crippen LogP contribution in [0.15, 0.2) is 52.3 Å². The van der Waals surface area contributed by atoms with Crippen molar-refractivity contribution in [1.29, 1.82) is 0 Å². The van der Waals surface area contributed by atoms with Crippen LogP contribution in [-0.4, -0.2) is 6.29 Å². The van der Waals surface area contributed by atoms with Gasteiger partial charge >= 0.3 is 0 Å². The van der Waals surface area contributed by atoms with E-state index in [4.69, 9.17) is 11.6 Å². The number of halogens is 2. The van der Waals surface area contributed by atoms with Gasteiger partial charge in [-0.3, -0.25) is 4.79 Å². The molecule has 0 saturated heterocycles. The lowest BCUT2D eigenvalue weighted by Crippen LogP contribution is -1.82. The van der Waals surface area contributed by atoms with Gasteiger partial charge in [0.2, 0.25) is 0 Å². The van der Waals surface area contributed by atoms with Gasteiger partial charge in [-0.2, -0.15) is 0 Å². The van der Waals surface area contributed by atoms with E-state index >= 15 is 0 Å². The van der Waals surface area contributed by atoms with Gasteiger partial charge in [0.15, 0.2) is 0 Å². The first-order valence-electron chi connectivity index (χ1n) is 4.87. The van der Waals surface area contributed by atoms with Gasteiger partial charge in [-0.15, -0.1) is 0 Å². The first-order valence-corrected chi connectivity index (χ1v) is 6.06. The molecule has 0 saturated carbocycles. The fraction of sp³-hybridized carbons (Fsp3) is 0. The van der Waals surface area contributed by atoms with Crippen molar-refractivity contribution in [1.82, 2.24) is 0 Å². The molecule has 0 radical (unpaired) electrons. The number of carbonyl (C=O) groups excluding carboxylic acids is 1. The molecule has 0 bridgehead atoms. The van der Waals surface area contributed by atoms with Crippen LogP contribution >= 0.6 is 23.4 Å². The first kappa shape index (κ1) is 12.1. The predicted molar refractivity (Wildman–Crippen MR) is 67.4 cm³/mol. The minimum Gasteiger partial charge on any atom is -0.298 e. The number of benzene rings is 2. The average Bonchev–Trinajstić information content (AvgIpc) is 2.34. The second-order valence-corrected chi connectivity index (χ2v) is 4.89. The Morgan fingerprint density at radius 2 is 1.82 bits per heavy atom. The van der Waals surface area contributed by atoms with E-state index in [0.717, 1.165) is 16.1 Å². The zero-order valence-corrected chi connectivity index (χ0v) is 10.3. The fourth-order valence-electron chi connectivity index (χ4n) is 1.30. The van der Waals surface area contributed by atoms with Crippen LogP contribution in [0.5, 0.6) is 0 Å². The van der Waals surface area contributed by atoms with Gasteiger partial charge in [0.05, 0.1) is 5.02 Å². The van der Waals surface area contributed by atoms with Crippen LogP contribution in [0, 0.1) is 5.82 Å². The molecule has 17 heavy (non-hydrogen) atoms. The summed E-state index contributed by atoms with van der Waals surface area (Å²) in [4.78, 5) is 12.3. The molecule has 0 aliphatic heterocycles. The standard InChI is InChI=1S/C13H8ClFOS/c14-12-7-9(8-16)1-6-13(12)17-11-4-2-10(15)3-5-11/h1-8H. The summed E-state index contributed by atoms with van der Waals surface area (Å²) in [6.07, 6.45) is 0.748. The van der Waals surface area contributed by atoms with Gasteiger partial charge in [0, 0.05) is 15.4 Å². The van der Waals surface area contributed by atoms with E-state index in [-0.39, 0.29) is 5.82 Å². The number of hydrogen-bond acceptors (Lipinski definition) is 2. The number of aldehydes is 1. The molecular weight excluding hydrogens is 259 g/mol. The largest absolute Gasteiger partial charge is 0.298 e. The van der Waals surface area contributed by atoms with Crippen molar-refractivity contribution < 1.29 is 9.18 Å². The Morgan fingerprint density at radius 3 is 2.41 bits per heavy atom. The summed E-state index contributed by atoms with van der Waals surface area (Å²) in [5, 5.41) is 0.518. The second-order valence-electron chi connectivity index (χ2n) is 3.36. The zero-order chi connectivity index (χ0) is 12.3. The number of carbonyl (C=O) groups is 1. The Labute approximate surface area is 108 Å². The zero-order valence-electron chi connectivity index (χ0n) is 8.69. The minimum atomic E-state index is -0.267. The van der Waals surface area contributed by atoms with Crippen molar-refractivity contribution in [2.45, 2.75) is 9.79 Å². The molecule has 0 unspecified atom stereocenters. The maximum Gasteiger partial charge on any atom is 0.150 e. The first-order chi connectivity index (χ1) is 8.19. The van der Waals surface area contributed by atoms with Crippen LogP contribution in [-0.2, 0) is 0 Å². The van der Waals surface area contributed by atoms with E-state index in [1.165, 1.54) is 23.9 Å². The molecule has 0 amide bonds. The smallest absolute Gasteiger partial charge is 0.150 e. The van der Waals surface area contributed by atoms with Crippen LogP contribution in [0.2, 0.25) is 5.02 Å². The van der Waals surface area contributed by atoms with Gasteiger partial charge in [0.25, 0.3) is 0 Å². The summed E-state index contributed by atoms with van der Waals surface area (Å²) in [6, 6.07) is 11.3. The third-order valence-electron chi connectivity index (χ3n) is 2.13. The fourth-order valence-corrected chi connectivity index (χ4v) is 2.43. The highest BCUT2D eigenvalue weighted by molar-refractivity contribution is 7.99. The molecule has 86 valence electrons. The SMILES string of the molecule is O=Cc1ccc(Sc2ccc(F)cc2)c(Cl)c1. The molecule has 0 fully saturated rings. The summed E-state index contributed by atoms with van der Waals surface area (Å²) >= 11 is 7.46. The molecule has 0 spiro atoms. The van der Waals surface area contributed by atoms with Crippen LogP contribution in [0.4, 0.5) is 4.39 Å². The third-order valence-corrected chi connectivity index (χ3v) is 3.64. The number of rotatable bonds is 3. The molecule has 0 aromatic heterocycles. The van der Waals surface area contributed by atoms with E-state index in [2.05, 4.69) is 0 Å². The van der Waals surface area contributed by atoms with E-state index < -0.39 is 0 Å². The highest BCUT2D eigenvalue weighted by Crippen LogP contribution is 2.33. The molecule has 4 heteroatoms. The van der Waals surface area contributed by atoms with Crippen molar-refractivity contribution >= 4 is 29.6 Å². The molecule has 2 rings (SSSR count). The average molecular weight is 267 g/mol. The Balaban J connectivity index is 2.24. The van der Waals surface area contributed by atoms with Crippen LogP contribution in [0.3, 0.4) is 0 Å². The van der Waals surface area contributed by atoms with Crippen LogP contribution < -0.4 is 0 Å². The summed E-state index contributed by atoms with van der Waals surface area (Å²) in [5.41, 5.74) is 0.540. The van der Waals surface area contributed by atoms with Gasteiger partial charge in [-0.05, 0) is 36.4 Å². The van der Waals surface area contributed by atoms with Crippen LogP contribution in [0.25, 0.3) is 0 Å². The summed E-state index contributed by atoms with van der Waals surface area (Å²) in [7, 11) is 0. The molecule has 2 aromatic carbocycles. The summed E-state index contributed by atoms with van der Waals surface area (Å²) in [6.45, 7) is 0. The van der Waals surface area contributed by atoms with Crippen molar-refractivity contribution in [3.05, 3.63) is 58.9 Å². The lowest BCUT2D eigenvalue weighted by Gasteiger charge is -2.04. The molecule has 1 nitrogen and oxygen atoms in total. The highest BCUT2D eigenvalue weighted by Gasteiger charge is 2.04. The molecule has 0 aliphatic rings. The van der Waals surface area contributed by atoms with E-state index in [0.29, 0.717) is 10.6 Å². The molecule has 0 heterocycles. The normalized spacial score (nSPS) is 10.2. The topological polar surface area (TPSA) is 17.1 Å². The van der Waals surface area contributed by atoms with Crippen molar-refractivity contribution in [3.63, 3.8) is 0 Å². The van der Waals surface area contributed by atoms with E-state index in [9.17, 15) is 9.18 Å². The maximum absolute atomic E-state index is 12.7. The Morgan fingerprint density at radius 1 is 1.12 bits per heavy atom. The van der Waals surface area contributed by atoms with Gasteiger partial charge in [0.1, 0.15) is 12.1 Å². The third kappa shape index (κ3) is 3.08. The van der Waals surface area contributed by atoms with Crippen LogP contribution in [0.1, 0.15) is 10.4 Å². The summed E-state index contributed by atoms with van der Waals surface area (Å²) < 4.78 is 12.7. The Hall–Kier alpha value is -1.32. The lowest BCUT2D eigenvalue weighted by molar-refractivity contribution is 0.112. The number of hydrogen-bond donors (Lipinski definition) is 0. The highest BCUT2D eigenvalue weighted by atomic mass is 35.5. The predicted octanol–water partition coefficient (Wildman–Crippen LogP) is 4.44. The molecule has 0 atom stereocenters. The minimum absolute atomic E-state index is 0.267. The maximum atomic E-state index is 12.7. The molecule has 2 aromatic rings. The summed E-state index contributed by atoms with van der Waals surface area (Å²) in [5.74, 6) is -0.267. The Kier molecular flexibility index (Phi) is 3.82. The second kappa shape index (κ2) is 5.34.